The van der Waals surface area contributed by atoms with Gasteiger partial charge in [-0.25, -0.2) is 0 Å². The zero-order valence-electron chi connectivity index (χ0n) is 15.0. The van der Waals surface area contributed by atoms with Crippen LogP contribution in [-0.2, 0) is 6.42 Å². The van der Waals surface area contributed by atoms with Crippen LogP contribution in [-0.4, -0.2) is 61.5 Å². The summed E-state index contributed by atoms with van der Waals surface area (Å²) in [6.45, 7) is 16.3. The Morgan fingerprint density at radius 1 is 1.26 bits per heavy atom. The average Bonchev–Trinajstić information content (AvgIpc) is 2.94. The van der Waals surface area contributed by atoms with Crippen molar-refractivity contribution >= 4 is 17.2 Å². The van der Waals surface area contributed by atoms with Crippen molar-refractivity contribution in [1.82, 2.24) is 15.1 Å². The molecule has 1 saturated heterocycles. The Morgan fingerprint density at radius 3 is 2.48 bits per heavy atom. The van der Waals surface area contributed by atoms with Crippen LogP contribution in [0, 0.1) is 12.8 Å². The Hall–Kier alpha value is -0.910. The van der Waals surface area contributed by atoms with Crippen molar-refractivity contribution in [2.45, 2.75) is 34.1 Å². The van der Waals surface area contributed by atoms with Gasteiger partial charge in [0.25, 0.3) is 5.91 Å². The lowest BCUT2D eigenvalue weighted by molar-refractivity contribution is 0.0937. The maximum Gasteiger partial charge on any atom is 0.261 e. The second-order valence-electron chi connectivity index (χ2n) is 6.62. The third-order valence-corrected chi connectivity index (χ3v) is 6.04. The van der Waals surface area contributed by atoms with E-state index >= 15 is 0 Å². The van der Waals surface area contributed by atoms with Crippen LogP contribution < -0.4 is 5.32 Å². The molecule has 1 aromatic rings. The van der Waals surface area contributed by atoms with E-state index in [2.05, 4.69) is 42.8 Å². The molecule has 23 heavy (non-hydrogen) atoms. The van der Waals surface area contributed by atoms with Crippen LogP contribution in [0.5, 0.6) is 0 Å². The summed E-state index contributed by atoms with van der Waals surface area (Å²) in [5.74, 6) is 0.569. The van der Waals surface area contributed by atoms with Gasteiger partial charge in [0.2, 0.25) is 0 Å². The largest absolute Gasteiger partial charge is 0.351 e. The Labute approximate surface area is 144 Å². The van der Waals surface area contributed by atoms with Crippen LogP contribution in [0.15, 0.2) is 6.07 Å². The molecule has 5 heteroatoms. The predicted octanol–water partition coefficient (Wildman–Crippen LogP) is 2.62. The van der Waals surface area contributed by atoms with E-state index in [0.717, 1.165) is 44.0 Å². The molecule has 0 aromatic carbocycles. The first kappa shape index (κ1) is 18.4. The summed E-state index contributed by atoms with van der Waals surface area (Å²) in [4.78, 5) is 19.5. The molecule has 1 unspecified atom stereocenters. The van der Waals surface area contributed by atoms with Crippen molar-refractivity contribution in [1.29, 1.82) is 0 Å². The van der Waals surface area contributed by atoms with Crippen LogP contribution in [0.1, 0.15) is 40.9 Å². The zero-order valence-corrected chi connectivity index (χ0v) is 15.8. The number of amides is 1. The molecule has 0 radical (unpaired) electrons. The van der Waals surface area contributed by atoms with Crippen LogP contribution in [0.3, 0.4) is 0 Å². The highest BCUT2D eigenvalue weighted by atomic mass is 32.1. The Balaban J connectivity index is 1.73. The number of nitrogens with zero attached hydrogens (tertiary/aromatic N) is 2. The summed E-state index contributed by atoms with van der Waals surface area (Å²) in [5, 5.41) is 3.11. The monoisotopic (exact) mass is 337 g/mol. The van der Waals surface area contributed by atoms with Crippen LogP contribution >= 0.6 is 11.3 Å². The SMILES string of the molecule is CCc1sc(C(=O)NCC(C)CN2CCN(CC)CC2)cc1C. The van der Waals surface area contributed by atoms with Gasteiger partial charge in [-0.15, -0.1) is 11.3 Å². The molecule has 1 N–H and O–H groups in total. The highest BCUT2D eigenvalue weighted by Gasteiger charge is 2.18. The third-order valence-electron chi connectivity index (χ3n) is 4.66. The van der Waals surface area contributed by atoms with Gasteiger partial charge in [-0.3, -0.25) is 4.79 Å². The number of carbonyl (C=O) groups excluding carboxylic acids is 1. The van der Waals surface area contributed by atoms with Gasteiger partial charge in [-0.05, 0) is 37.4 Å². The van der Waals surface area contributed by atoms with Gasteiger partial charge < -0.3 is 15.1 Å². The quantitative estimate of drug-likeness (QED) is 0.831. The second kappa shape index (κ2) is 8.81. The number of nitrogens with one attached hydrogen (secondary N) is 1. The van der Waals surface area contributed by atoms with E-state index in [4.69, 9.17) is 0 Å². The van der Waals surface area contributed by atoms with Crippen LogP contribution in [0.4, 0.5) is 0 Å². The van der Waals surface area contributed by atoms with Gasteiger partial charge in [0, 0.05) is 44.1 Å². The first-order valence-corrected chi connectivity index (χ1v) is 9.67. The fraction of sp³-hybridized carbons (Fsp3) is 0.722. The van der Waals surface area contributed by atoms with E-state index in [1.165, 1.54) is 23.5 Å². The molecule has 1 aliphatic heterocycles. The Kier molecular flexibility index (Phi) is 7.06. The highest BCUT2D eigenvalue weighted by Crippen LogP contribution is 2.22. The third kappa shape index (κ3) is 5.30. The van der Waals surface area contributed by atoms with Crippen LogP contribution in [0.25, 0.3) is 0 Å². The maximum atomic E-state index is 12.3. The second-order valence-corrected chi connectivity index (χ2v) is 7.76. The summed E-state index contributed by atoms with van der Waals surface area (Å²) in [5.41, 5.74) is 1.24. The molecule has 0 aliphatic carbocycles. The van der Waals surface area contributed by atoms with Crippen molar-refractivity contribution in [3.8, 4) is 0 Å². The molecular weight excluding hydrogens is 306 g/mol. The minimum atomic E-state index is 0.0838. The lowest BCUT2D eigenvalue weighted by atomic mass is 10.1. The number of carbonyl (C=O) groups is 1. The maximum absolute atomic E-state index is 12.3. The molecular formula is C18H31N3OS. The van der Waals surface area contributed by atoms with E-state index in [1.807, 2.05) is 6.07 Å². The summed E-state index contributed by atoms with van der Waals surface area (Å²) < 4.78 is 0. The molecule has 1 amide bonds. The Morgan fingerprint density at radius 2 is 1.91 bits per heavy atom. The fourth-order valence-corrected chi connectivity index (χ4v) is 4.16. The molecule has 1 aromatic heterocycles. The lowest BCUT2D eigenvalue weighted by Gasteiger charge is -2.35. The van der Waals surface area contributed by atoms with Gasteiger partial charge >= 0.3 is 0 Å². The molecule has 0 bridgehead atoms. The summed E-state index contributed by atoms with van der Waals surface area (Å²) in [6.07, 6.45) is 1.00. The molecule has 1 fully saturated rings. The number of aryl methyl sites for hydroxylation is 2. The van der Waals surface area contributed by atoms with Gasteiger partial charge in [0.15, 0.2) is 0 Å². The molecule has 2 rings (SSSR count). The van der Waals surface area contributed by atoms with Gasteiger partial charge in [0.1, 0.15) is 0 Å². The summed E-state index contributed by atoms with van der Waals surface area (Å²) in [6, 6.07) is 2.02. The minimum absolute atomic E-state index is 0.0838. The van der Waals surface area contributed by atoms with Crippen molar-refractivity contribution in [3.05, 3.63) is 21.4 Å². The standard InChI is InChI=1S/C18H31N3OS/c1-5-16-15(4)11-17(23-16)18(22)19-12-14(3)13-21-9-7-20(6-2)8-10-21/h11,14H,5-10,12-13H2,1-4H3,(H,19,22). The summed E-state index contributed by atoms with van der Waals surface area (Å²) in [7, 11) is 0. The number of likely N-dealkylation sites (N-methyl/N-ethyl adjacent to an activating group) is 1. The molecule has 1 aliphatic rings. The molecule has 1 atom stereocenters. The fourth-order valence-electron chi connectivity index (χ4n) is 3.13. The average molecular weight is 338 g/mol. The summed E-state index contributed by atoms with van der Waals surface area (Å²) >= 11 is 1.63. The smallest absolute Gasteiger partial charge is 0.261 e. The van der Waals surface area contributed by atoms with E-state index in [0.29, 0.717) is 5.92 Å². The normalized spacial score (nSPS) is 18.1. The number of hydrogen-bond donors (Lipinski definition) is 1. The predicted molar refractivity (Wildman–Crippen MR) is 98.5 cm³/mol. The molecule has 130 valence electrons. The number of thiophene rings is 1. The van der Waals surface area contributed by atoms with Gasteiger partial charge in [-0.2, -0.15) is 0 Å². The first-order chi connectivity index (χ1) is 11.0. The topological polar surface area (TPSA) is 35.6 Å². The van der Waals surface area contributed by atoms with Gasteiger partial charge in [-0.1, -0.05) is 20.8 Å². The van der Waals surface area contributed by atoms with Crippen LogP contribution in [0.2, 0.25) is 0 Å². The molecule has 0 saturated carbocycles. The first-order valence-electron chi connectivity index (χ1n) is 8.85. The molecule has 2 heterocycles. The molecule has 4 nitrogen and oxygen atoms in total. The van der Waals surface area contributed by atoms with Crippen molar-refractivity contribution in [2.24, 2.45) is 5.92 Å². The molecule has 0 spiro atoms. The van der Waals surface area contributed by atoms with E-state index in [1.54, 1.807) is 11.3 Å². The lowest BCUT2D eigenvalue weighted by Crippen LogP contribution is -2.48. The Bertz CT molecular complexity index is 506. The van der Waals surface area contributed by atoms with Gasteiger partial charge in [0.05, 0.1) is 4.88 Å². The zero-order chi connectivity index (χ0) is 16.8. The van der Waals surface area contributed by atoms with E-state index in [-0.39, 0.29) is 5.91 Å². The van der Waals surface area contributed by atoms with E-state index < -0.39 is 0 Å². The number of rotatable bonds is 7. The number of piperazine rings is 1. The van der Waals surface area contributed by atoms with E-state index in [9.17, 15) is 4.79 Å². The minimum Gasteiger partial charge on any atom is -0.351 e. The van der Waals surface area contributed by atoms with Crippen molar-refractivity contribution < 1.29 is 4.79 Å². The number of hydrogen-bond acceptors (Lipinski definition) is 4. The highest BCUT2D eigenvalue weighted by molar-refractivity contribution is 7.14. The van der Waals surface area contributed by atoms with Crippen molar-refractivity contribution in [3.63, 3.8) is 0 Å². The van der Waals surface area contributed by atoms with Crippen molar-refractivity contribution in [2.75, 3.05) is 45.8 Å².